The van der Waals surface area contributed by atoms with Crippen LogP contribution in [0.25, 0.3) is 0 Å². The van der Waals surface area contributed by atoms with Gasteiger partial charge in [-0.2, -0.15) is 16.8 Å². The normalized spacial score (nSPS) is 13.2. The van der Waals surface area contributed by atoms with E-state index in [1.807, 2.05) is 20.9 Å². The second-order valence-corrected chi connectivity index (χ2v) is 18.5. The molecule has 2 heterocycles. The molecule has 15 nitrogen and oxygen atoms in total. The predicted molar refractivity (Wildman–Crippen MR) is 237 cm³/mol. The number of hydrogen-bond donors (Lipinski definition) is 2. The summed E-state index contributed by atoms with van der Waals surface area (Å²) in [6, 6.07) is 20.8. The number of anilines is 2. The Bertz CT molecular complexity index is 2890. The number of carbonyl (C=O) groups is 4. The molecule has 326 valence electrons. The molecule has 2 N–H and O–H groups in total. The van der Waals surface area contributed by atoms with Crippen LogP contribution >= 0.6 is 0 Å². The van der Waals surface area contributed by atoms with E-state index in [-0.39, 0.29) is 65.8 Å². The van der Waals surface area contributed by atoms with Gasteiger partial charge in [0.2, 0.25) is 0 Å². The topological polar surface area (TPSA) is 208 Å². The van der Waals surface area contributed by atoms with Gasteiger partial charge in [-0.05, 0) is 107 Å². The largest absolute Gasteiger partial charge is 0.384 e. The molecule has 0 amide bonds. The van der Waals surface area contributed by atoms with Gasteiger partial charge in [0, 0.05) is 60.4 Å². The van der Waals surface area contributed by atoms with Crippen molar-refractivity contribution in [3.05, 3.63) is 165 Å². The molecule has 64 heavy (non-hydrogen) atoms. The van der Waals surface area contributed by atoms with E-state index in [1.54, 1.807) is 24.3 Å². The molecule has 8 rings (SSSR count). The minimum Gasteiger partial charge on any atom is -0.384 e. The monoisotopic (exact) mass is 899 g/mol. The van der Waals surface area contributed by atoms with Crippen LogP contribution in [-0.4, -0.2) is 88.1 Å². The molecule has 17 heteroatoms. The summed E-state index contributed by atoms with van der Waals surface area (Å²) in [5.41, 5.74) is 2.46. The van der Waals surface area contributed by atoms with E-state index in [2.05, 4.69) is 25.5 Å². The van der Waals surface area contributed by atoms with E-state index in [4.69, 9.17) is 8.37 Å². The Kier molecular flexibility index (Phi) is 12.0. The zero-order valence-corrected chi connectivity index (χ0v) is 36.5. The van der Waals surface area contributed by atoms with Crippen LogP contribution in [0.3, 0.4) is 0 Å². The standard InChI is InChI=1S/C47H41N5O10S2/c1-28-6-10-30(11-7-28)63(57,58)61-38-16-14-36(40-42(38)44(53)32-18-22-48-26-34(32)46(40)55)50-20-4-24-52(3)25-5-21-51-37-15-17-39(62-64(59,60)31-12-8-29(2)9-13-31)43-41(37)47(56)35-27-49-23-19-33(35)45(43)54/h6-19,22-23,26-27,50-51H,4-5,20-21,24-25H2,1-3H3. The highest BCUT2D eigenvalue weighted by atomic mass is 32.2. The molecule has 0 radical (unpaired) electrons. The summed E-state index contributed by atoms with van der Waals surface area (Å²) in [5, 5.41) is 6.50. The summed E-state index contributed by atoms with van der Waals surface area (Å²) in [4.78, 5) is 65.4. The summed E-state index contributed by atoms with van der Waals surface area (Å²) >= 11 is 0. The third kappa shape index (κ3) is 8.52. The number of ketones is 4. The van der Waals surface area contributed by atoms with Gasteiger partial charge in [-0.1, -0.05) is 35.4 Å². The number of aryl methyl sites for hydroxylation is 2. The highest BCUT2D eigenvalue weighted by Crippen LogP contribution is 2.40. The van der Waals surface area contributed by atoms with Gasteiger partial charge in [0.15, 0.2) is 34.6 Å². The second kappa shape index (κ2) is 17.6. The van der Waals surface area contributed by atoms with Crippen molar-refractivity contribution in [3.63, 3.8) is 0 Å². The summed E-state index contributed by atoms with van der Waals surface area (Å²) < 4.78 is 64.2. The molecule has 0 unspecified atom stereocenters. The van der Waals surface area contributed by atoms with Gasteiger partial charge in [0.1, 0.15) is 9.79 Å². The molecule has 0 saturated carbocycles. The van der Waals surface area contributed by atoms with Crippen molar-refractivity contribution in [1.29, 1.82) is 0 Å². The lowest BCUT2D eigenvalue weighted by atomic mass is 9.83. The van der Waals surface area contributed by atoms with Crippen LogP contribution in [-0.2, 0) is 20.2 Å². The Balaban J connectivity index is 0.919. The SMILES string of the molecule is Cc1ccc(S(=O)(=O)Oc2ccc(NCCCN(C)CCCNc3ccc(OS(=O)(=O)c4ccc(C)cc4)c4c3C(=O)c3cnccc3C4=O)c3c2C(=O)c2ccncc2C3=O)cc1. The maximum Gasteiger partial charge on any atom is 0.339 e. The van der Waals surface area contributed by atoms with Gasteiger partial charge >= 0.3 is 20.2 Å². The van der Waals surface area contributed by atoms with Crippen molar-refractivity contribution in [3.8, 4) is 11.5 Å². The summed E-state index contributed by atoms with van der Waals surface area (Å²) in [6.45, 7) is 5.67. The highest BCUT2D eigenvalue weighted by Gasteiger charge is 2.38. The summed E-state index contributed by atoms with van der Waals surface area (Å²) in [7, 11) is -6.77. The third-order valence-electron chi connectivity index (χ3n) is 10.9. The fraction of sp³-hybridized carbons (Fsp3) is 0.191. The minimum atomic E-state index is -4.35. The maximum absolute atomic E-state index is 13.9. The molecule has 0 saturated heterocycles. The second-order valence-electron chi connectivity index (χ2n) is 15.4. The summed E-state index contributed by atoms with van der Waals surface area (Å²) in [5.74, 6) is -2.64. The lowest BCUT2D eigenvalue weighted by molar-refractivity contribution is 0.0977. The molecular weight excluding hydrogens is 859 g/mol. The zero-order valence-electron chi connectivity index (χ0n) is 34.9. The first-order valence-corrected chi connectivity index (χ1v) is 23.1. The van der Waals surface area contributed by atoms with E-state index >= 15 is 0 Å². The van der Waals surface area contributed by atoms with E-state index in [1.165, 1.54) is 85.5 Å². The Morgan fingerprint density at radius 2 is 0.875 bits per heavy atom. The molecule has 0 spiro atoms. The zero-order chi connectivity index (χ0) is 45.3. The number of fused-ring (bicyclic) bond motifs is 4. The Morgan fingerprint density at radius 1 is 0.500 bits per heavy atom. The number of nitrogens with one attached hydrogen (secondary N) is 2. The molecule has 0 atom stereocenters. The van der Waals surface area contributed by atoms with Crippen LogP contribution in [0.2, 0.25) is 0 Å². The smallest absolute Gasteiger partial charge is 0.339 e. The lowest BCUT2D eigenvalue weighted by Gasteiger charge is -2.23. The number of nitrogens with zero attached hydrogens (tertiary/aromatic N) is 3. The van der Waals surface area contributed by atoms with Gasteiger partial charge in [0.05, 0.1) is 33.4 Å². The van der Waals surface area contributed by atoms with E-state index in [9.17, 15) is 36.0 Å². The third-order valence-corrected chi connectivity index (χ3v) is 13.4. The Morgan fingerprint density at radius 3 is 1.27 bits per heavy atom. The predicted octanol–water partition coefficient (Wildman–Crippen LogP) is 6.42. The van der Waals surface area contributed by atoms with Crippen molar-refractivity contribution in [2.24, 2.45) is 0 Å². The number of rotatable bonds is 16. The Labute approximate surface area is 369 Å². The highest BCUT2D eigenvalue weighted by molar-refractivity contribution is 7.87. The van der Waals surface area contributed by atoms with Crippen molar-refractivity contribution in [2.45, 2.75) is 36.5 Å². The first-order valence-electron chi connectivity index (χ1n) is 20.2. The first-order chi connectivity index (χ1) is 30.6. The van der Waals surface area contributed by atoms with Crippen LogP contribution in [0.4, 0.5) is 11.4 Å². The number of aromatic nitrogens is 2. The maximum atomic E-state index is 13.9. The van der Waals surface area contributed by atoms with Gasteiger partial charge in [-0.3, -0.25) is 29.1 Å². The fourth-order valence-electron chi connectivity index (χ4n) is 7.61. The molecule has 6 aromatic rings. The van der Waals surface area contributed by atoms with E-state index < -0.39 is 43.4 Å². The number of hydrogen-bond acceptors (Lipinski definition) is 15. The van der Waals surface area contributed by atoms with Gasteiger partial charge in [0.25, 0.3) is 0 Å². The Hall–Kier alpha value is -7.08. The number of carbonyl (C=O) groups excluding carboxylic acids is 4. The molecule has 4 aromatic carbocycles. The molecule has 2 aromatic heterocycles. The van der Waals surface area contributed by atoms with Crippen molar-refractivity contribution in [1.82, 2.24) is 14.9 Å². The molecular formula is C47H41N5O10S2. The minimum absolute atomic E-state index is 0.00357. The average molecular weight is 900 g/mol. The first kappa shape index (κ1) is 43.6. The van der Waals surface area contributed by atoms with E-state index in [0.29, 0.717) is 50.4 Å². The molecule has 0 aliphatic heterocycles. The number of benzene rings is 4. The molecule has 0 fully saturated rings. The molecule has 2 aliphatic carbocycles. The molecule has 0 bridgehead atoms. The molecule has 2 aliphatic rings. The van der Waals surface area contributed by atoms with Gasteiger partial charge in [-0.25, -0.2) is 0 Å². The van der Waals surface area contributed by atoms with Crippen LogP contribution in [0, 0.1) is 13.8 Å². The van der Waals surface area contributed by atoms with Crippen molar-refractivity contribution in [2.75, 3.05) is 43.9 Å². The van der Waals surface area contributed by atoms with E-state index in [0.717, 1.165) is 11.1 Å². The van der Waals surface area contributed by atoms with Crippen LogP contribution in [0.15, 0.2) is 120 Å². The fourth-order valence-corrected chi connectivity index (χ4v) is 9.49. The number of pyridine rings is 2. The summed E-state index contributed by atoms with van der Waals surface area (Å²) in [6.07, 6.45) is 6.63. The van der Waals surface area contributed by atoms with Gasteiger partial charge < -0.3 is 23.9 Å². The van der Waals surface area contributed by atoms with Crippen LogP contribution in [0.5, 0.6) is 11.5 Å². The lowest BCUT2D eigenvalue weighted by Crippen LogP contribution is -2.27. The van der Waals surface area contributed by atoms with Crippen LogP contribution < -0.4 is 19.0 Å². The average Bonchev–Trinajstić information content (AvgIpc) is 3.28. The quantitative estimate of drug-likeness (QED) is 0.0793. The van der Waals surface area contributed by atoms with Gasteiger partial charge in [-0.15, -0.1) is 0 Å². The van der Waals surface area contributed by atoms with Crippen molar-refractivity contribution < 1.29 is 44.4 Å². The van der Waals surface area contributed by atoms with Crippen LogP contribution in [0.1, 0.15) is 87.7 Å². The van der Waals surface area contributed by atoms with Crippen molar-refractivity contribution >= 4 is 54.7 Å².